The van der Waals surface area contributed by atoms with Gasteiger partial charge in [0.1, 0.15) is 5.52 Å². The van der Waals surface area contributed by atoms with E-state index in [0.717, 1.165) is 36.0 Å². The predicted octanol–water partition coefficient (Wildman–Crippen LogP) is 4.42. The molecular formula is C18H18N2O. The molecule has 2 aromatic carbocycles. The molecule has 4 rings (SSSR count). The normalized spacial score (nSPS) is 14.0. The van der Waals surface area contributed by atoms with Crippen LogP contribution < -0.4 is 5.32 Å². The first-order valence-electron chi connectivity index (χ1n) is 7.60. The van der Waals surface area contributed by atoms with Crippen LogP contribution in [0, 0.1) is 0 Å². The number of aryl methyl sites for hydroxylation is 2. The Bertz CT molecular complexity index is 804. The Morgan fingerprint density at radius 3 is 3.05 bits per heavy atom. The second-order valence-electron chi connectivity index (χ2n) is 5.58. The number of nitrogens with one attached hydrogen (secondary N) is 1. The first kappa shape index (κ1) is 12.5. The summed E-state index contributed by atoms with van der Waals surface area (Å²) in [6.07, 6.45) is 3.32. The van der Waals surface area contributed by atoms with Crippen molar-refractivity contribution in [2.75, 3.05) is 11.9 Å². The molecule has 0 aliphatic carbocycles. The molecule has 0 amide bonds. The summed E-state index contributed by atoms with van der Waals surface area (Å²) in [6.45, 7) is 3.22. The van der Waals surface area contributed by atoms with Crippen LogP contribution in [-0.4, -0.2) is 11.5 Å². The molecule has 0 bridgehead atoms. The van der Waals surface area contributed by atoms with E-state index in [9.17, 15) is 0 Å². The highest BCUT2D eigenvalue weighted by atomic mass is 16.3. The van der Waals surface area contributed by atoms with Crippen LogP contribution >= 0.6 is 0 Å². The molecule has 21 heavy (non-hydrogen) atoms. The van der Waals surface area contributed by atoms with Crippen molar-refractivity contribution in [2.45, 2.75) is 26.2 Å². The highest BCUT2D eigenvalue weighted by Gasteiger charge is 2.13. The number of hydrogen-bond acceptors (Lipinski definition) is 3. The van der Waals surface area contributed by atoms with Crippen LogP contribution in [-0.2, 0) is 12.8 Å². The summed E-state index contributed by atoms with van der Waals surface area (Å²) < 4.78 is 5.91. The molecule has 1 aliphatic heterocycles. The third kappa shape index (κ3) is 2.19. The van der Waals surface area contributed by atoms with Gasteiger partial charge in [-0.1, -0.05) is 13.0 Å². The Balaban J connectivity index is 1.78. The van der Waals surface area contributed by atoms with E-state index in [0.29, 0.717) is 5.89 Å². The molecule has 1 aromatic heterocycles. The van der Waals surface area contributed by atoms with E-state index in [1.165, 1.54) is 23.2 Å². The van der Waals surface area contributed by atoms with Crippen LogP contribution in [0.3, 0.4) is 0 Å². The van der Waals surface area contributed by atoms with Gasteiger partial charge in [-0.05, 0) is 60.7 Å². The van der Waals surface area contributed by atoms with E-state index in [2.05, 4.69) is 47.6 Å². The number of hydrogen-bond donors (Lipinski definition) is 1. The molecule has 0 atom stereocenters. The minimum absolute atomic E-state index is 0.714. The minimum atomic E-state index is 0.714. The lowest BCUT2D eigenvalue weighted by Crippen LogP contribution is -2.11. The van der Waals surface area contributed by atoms with Gasteiger partial charge in [0.25, 0.3) is 0 Å². The standard InChI is InChI=1S/C18H18N2O/c1-2-12-5-8-17-16(10-12)20-18(21-17)14-6-7-15-13(11-14)4-3-9-19-15/h5-8,10-11,19H,2-4,9H2,1H3. The fourth-order valence-electron chi connectivity index (χ4n) is 2.92. The van der Waals surface area contributed by atoms with E-state index >= 15 is 0 Å². The van der Waals surface area contributed by atoms with Gasteiger partial charge in [-0.3, -0.25) is 0 Å². The van der Waals surface area contributed by atoms with E-state index in [4.69, 9.17) is 4.42 Å². The molecule has 1 N–H and O–H groups in total. The third-order valence-electron chi connectivity index (χ3n) is 4.15. The Morgan fingerprint density at radius 1 is 1.19 bits per heavy atom. The second-order valence-corrected chi connectivity index (χ2v) is 5.58. The van der Waals surface area contributed by atoms with Gasteiger partial charge in [0, 0.05) is 17.8 Å². The summed E-state index contributed by atoms with van der Waals surface area (Å²) in [6, 6.07) is 12.7. The van der Waals surface area contributed by atoms with Crippen molar-refractivity contribution in [3.05, 3.63) is 47.5 Å². The number of benzene rings is 2. The largest absolute Gasteiger partial charge is 0.436 e. The minimum Gasteiger partial charge on any atom is -0.436 e. The summed E-state index contributed by atoms with van der Waals surface area (Å²) in [4.78, 5) is 4.65. The van der Waals surface area contributed by atoms with E-state index in [1.54, 1.807) is 0 Å². The number of anilines is 1. The highest BCUT2D eigenvalue weighted by Crippen LogP contribution is 2.30. The van der Waals surface area contributed by atoms with Crippen LogP contribution in [0.1, 0.15) is 24.5 Å². The van der Waals surface area contributed by atoms with E-state index in [-0.39, 0.29) is 0 Å². The zero-order chi connectivity index (χ0) is 14.2. The van der Waals surface area contributed by atoms with Crippen molar-refractivity contribution in [3.8, 4) is 11.5 Å². The van der Waals surface area contributed by atoms with Gasteiger partial charge in [-0.2, -0.15) is 0 Å². The number of aromatic nitrogens is 1. The fourth-order valence-corrected chi connectivity index (χ4v) is 2.92. The van der Waals surface area contributed by atoms with Crippen LogP contribution in [0.5, 0.6) is 0 Å². The molecular weight excluding hydrogens is 260 g/mol. The lowest BCUT2D eigenvalue weighted by Gasteiger charge is -2.17. The lowest BCUT2D eigenvalue weighted by atomic mass is 10.0. The first-order valence-corrected chi connectivity index (χ1v) is 7.60. The molecule has 0 spiro atoms. The maximum atomic E-state index is 5.91. The highest BCUT2D eigenvalue weighted by molar-refractivity contribution is 5.77. The molecule has 106 valence electrons. The van der Waals surface area contributed by atoms with E-state index < -0.39 is 0 Å². The van der Waals surface area contributed by atoms with Crippen molar-refractivity contribution in [1.82, 2.24) is 4.98 Å². The molecule has 0 saturated carbocycles. The van der Waals surface area contributed by atoms with Crippen LogP contribution in [0.4, 0.5) is 5.69 Å². The maximum absolute atomic E-state index is 5.91. The summed E-state index contributed by atoms with van der Waals surface area (Å²) >= 11 is 0. The molecule has 3 nitrogen and oxygen atoms in total. The first-order chi connectivity index (χ1) is 10.3. The fraction of sp³-hybridized carbons (Fsp3) is 0.278. The second kappa shape index (κ2) is 4.92. The zero-order valence-corrected chi connectivity index (χ0v) is 12.1. The molecule has 2 heterocycles. The zero-order valence-electron chi connectivity index (χ0n) is 12.1. The van der Waals surface area contributed by atoms with Gasteiger partial charge in [0.2, 0.25) is 5.89 Å². The molecule has 0 saturated heterocycles. The third-order valence-corrected chi connectivity index (χ3v) is 4.15. The quantitative estimate of drug-likeness (QED) is 0.754. The van der Waals surface area contributed by atoms with Crippen LogP contribution in [0.15, 0.2) is 40.8 Å². The van der Waals surface area contributed by atoms with Crippen molar-refractivity contribution in [1.29, 1.82) is 0 Å². The number of rotatable bonds is 2. The van der Waals surface area contributed by atoms with Crippen molar-refractivity contribution >= 4 is 16.8 Å². The summed E-state index contributed by atoms with van der Waals surface area (Å²) in [5.41, 5.74) is 6.76. The number of oxazole rings is 1. The van der Waals surface area contributed by atoms with Crippen molar-refractivity contribution in [2.24, 2.45) is 0 Å². The van der Waals surface area contributed by atoms with Crippen LogP contribution in [0.25, 0.3) is 22.6 Å². The van der Waals surface area contributed by atoms with Gasteiger partial charge in [-0.25, -0.2) is 4.98 Å². The molecule has 3 heteroatoms. The molecule has 0 radical (unpaired) electrons. The Kier molecular flexibility index (Phi) is 2.92. The SMILES string of the molecule is CCc1ccc2oc(-c3ccc4c(c3)CCCN4)nc2c1. The number of nitrogens with zero attached hydrogens (tertiary/aromatic N) is 1. The monoisotopic (exact) mass is 278 g/mol. The molecule has 0 fully saturated rings. The summed E-state index contributed by atoms with van der Waals surface area (Å²) in [5, 5.41) is 3.43. The van der Waals surface area contributed by atoms with E-state index in [1.807, 2.05) is 6.07 Å². The topological polar surface area (TPSA) is 38.1 Å². The summed E-state index contributed by atoms with van der Waals surface area (Å²) in [5.74, 6) is 0.714. The Hall–Kier alpha value is -2.29. The van der Waals surface area contributed by atoms with Gasteiger partial charge in [-0.15, -0.1) is 0 Å². The van der Waals surface area contributed by atoms with Crippen LogP contribution in [0.2, 0.25) is 0 Å². The maximum Gasteiger partial charge on any atom is 0.227 e. The Labute approximate surface area is 124 Å². The van der Waals surface area contributed by atoms with Crippen molar-refractivity contribution in [3.63, 3.8) is 0 Å². The predicted molar refractivity (Wildman–Crippen MR) is 85.6 cm³/mol. The smallest absolute Gasteiger partial charge is 0.227 e. The lowest BCUT2D eigenvalue weighted by molar-refractivity contribution is 0.619. The average Bonchev–Trinajstić information content (AvgIpc) is 2.97. The Morgan fingerprint density at radius 2 is 2.14 bits per heavy atom. The number of fused-ring (bicyclic) bond motifs is 2. The molecule has 1 aliphatic rings. The molecule has 0 unspecified atom stereocenters. The molecule has 3 aromatic rings. The van der Waals surface area contributed by atoms with Gasteiger partial charge >= 0.3 is 0 Å². The summed E-state index contributed by atoms with van der Waals surface area (Å²) in [7, 11) is 0. The van der Waals surface area contributed by atoms with Gasteiger partial charge in [0.15, 0.2) is 5.58 Å². The van der Waals surface area contributed by atoms with Gasteiger partial charge in [0.05, 0.1) is 0 Å². The average molecular weight is 278 g/mol. The van der Waals surface area contributed by atoms with Gasteiger partial charge < -0.3 is 9.73 Å². The van der Waals surface area contributed by atoms with Crippen molar-refractivity contribution < 1.29 is 4.42 Å².